The van der Waals surface area contributed by atoms with Crippen molar-refractivity contribution in [2.24, 2.45) is 0 Å². The van der Waals surface area contributed by atoms with Gasteiger partial charge in [0.05, 0.1) is 11.6 Å². The lowest BCUT2D eigenvalue weighted by Crippen LogP contribution is -2.26. The molecule has 1 aromatic carbocycles. The molecule has 19 heavy (non-hydrogen) atoms. The molecule has 3 heteroatoms. The highest BCUT2D eigenvalue weighted by Gasteiger charge is 2.07. The molecule has 0 fully saturated rings. The van der Waals surface area contributed by atoms with Gasteiger partial charge in [-0.1, -0.05) is 20.4 Å². The highest BCUT2D eigenvalue weighted by atomic mass is 16.5. The van der Waals surface area contributed by atoms with E-state index in [-0.39, 0.29) is 0 Å². The molecular formula is C16H22N2O. The first-order valence-electron chi connectivity index (χ1n) is 6.48. The van der Waals surface area contributed by atoms with Crippen LogP contribution in [-0.4, -0.2) is 19.2 Å². The molecule has 0 bridgehead atoms. The van der Waals surface area contributed by atoms with Gasteiger partial charge in [-0.15, -0.1) is 0 Å². The van der Waals surface area contributed by atoms with E-state index >= 15 is 0 Å². The standard InChI is InChI=1S/C16H22N2O/c1-11(2)18-9-12(3)10-19-16-13(4)6-15(8-17)7-14(16)5/h6-7,11,18H,3,9-10H2,1-2,4-5H3. The van der Waals surface area contributed by atoms with Crippen LogP contribution in [0.25, 0.3) is 0 Å². The van der Waals surface area contributed by atoms with Gasteiger partial charge in [-0.2, -0.15) is 5.26 Å². The summed E-state index contributed by atoms with van der Waals surface area (Å²) < 4.78 is 5.81. The minimum atomic E-state index is 0.440. The molecule has 0 aliphatic heterocycles. The number of nitriles is 1. The van der Waals surface area contributed by atoms with E-state index in [4.69, 9.17) is 10.00 Å². The first kappa shape index (κ1) is 15.3. The number of nitrogens with one attached hydrogen (secondary N) is 1. The number of hydrogen-bond acceptors (Lipinski definition) is 3. The SMILES string of the molecule is C=C(CNC(C)C)COc1c(C)cc(C#N)cc1C. The Bertz CT molecular complexity index is 475. The Morgan fingerprint density at radius 2 is 1.95 bits per heavy atom. The average Bonchev–Trinajstić information content (AvgIpc) is 2.34. The summed E-state index contributed by atoms with van der Waals surface area (Å²) >= 11 is 0. The topological polar surface area (TPSA) is 45.0 Å². The van der Waals surface area contributed by atoms with Crippen LogP contribution in [0.15, 0.2) is 24.3 Å². The first-order valence-corrected chi connectivity index (χ1v) is 6.48. The second kappa shape index (κ2) is 6.96. The molecule has 0 saturated heterocycles. The first-order chi connectivity index (χ1) is 8.93. The lowest BCUT2D eigenvalue weighted by atomic mass is 10.1. The molecule has 0 heterocycles. The van der Waals surface area contributed by atoms with E-state index in [1.807, 2.05) is 26.0 Å². The highest BCUT2D eigenvalue weighted by Crippen LogP contribution is 2.24. The molecule has 0 aliphatic carbocycles. The third-order valence-electron chi connectivity index (χ3n) is 2.77. The maximum atomic E-state index is 8.90. The van der Waals surface area contributed by atoms with Crippen molar-refractivity contribution in [1.82, 2.24) is 5.32 Å². The van der Waals surface area contributed by atoms with Crippen LogP contribution in [0.1, 0.15) is 30.5 Å². The van der Waals surface area contributed by atoms with Crippen LogP contribution in [0.2, 0.25) is 0 Å². The second-order valence-corrected chi connectivity index (χ2v) is 5.13. The number of nitrogens with zero attached hydrogens (tertiary/aromatic N) is 1. The molecule has 0 aromatic heterocycles. The monoisotopic (exact) mass is 258 g/mol. The molecule has 102 valence electrons. The Morgan fingerprint density at radius 1 is 1.37 bits per heavy atom. The molecule has 1 N–H and O–H groups in total. The molecule has 0 spiro atoms. The molecule has 1 aromatic rings. The van der Waals surface area contributed by atoms with Crippen LogP contribution in [0.4, 0.5) is 0 Å². The lowest BCUT2D eigenvalue weighted by molar-refractivity contribution is 0.342. The average molecular weight is 258 g/mol. The Hall–Kier alpha value is -1.79. The van der Waals surface area contributed by atoms with Crippen molar-refractivity contribution >= 4 is 0 Å². The van der Waals surface area contributed by atoms with Crippen molar-refractivity contribution in [2.45, 2.75) is 33.7 Å². The zero-order valence-electron chi connectivity index (χ0n) is 12.2. The van der Waals surface area contributed by atoms with Crippen molar-refractivity contribution in [3.05, 3.63) is 41.0 Å². The van der Waals surface area contributed by atoms with E-state index in [0.29, 0.717) is 18.2 Å². The summed E-state index contributed by atoms with van der Waals surface area (Å²) in [5.74, 6) is 0.852. The Morgan fingerprint density at radius 3 is 2.42 bits per heavy atom. The minimum Gasteiger partial charge on any atom is -0.489 e. The maximum absolute atomic E-state index is 8.90. The Kier molecular flexibility index (Phi) is 5.59. The van der Waals surface area contributed by atoms with Gasteiger partial charge in [0.1, 0.15) is 12.4 Å². The van der Waals surface area contributed by atoms with Crippen molar-refractivity contribution in [3.63, 3.8) is 0 Å². The van der Waals surface area contributed by atoms with Crippen molar-refractivity contribution < 1.29 is 4.74 Å². The predicted octanol–water partition coefficient (Wildman–Crippen LogP) is 3.11. The lowest BCUT2D eigenvalue weighted by Gasteiger charge is -2.15. The van der Waals surface area contributed by atoms with E-state index < -0.39 is 0 Å². The number of aryl methyl sites for hydroxylation is 2. The maximum Gasteiger partial charge on any atom is 0.125 e. The van der Waals surface area contributed by atoms with Gasteiger partial charge in [-0.05, 0) is 42.7 Å². The van der Waals surface area contributed by atoms with Crippen LogP contribution in [-0.2, 0) is 0 Å². The van der Waals surface area contributed by atoms with E-state index in [1.165, 1.54) is 0 Å². The van der Waals surface area contributed by atoms with Crippen molar-refractivity contribution in [2.75, 3.05) is 13.2 Å². The fourth-order valence-corrected chi connectivity index (χ4v) is 1.82. The van der Waals surface area contributed by atoms with E-state index in [2.05, 4.69) is 31.8 Å². The second-order valence-electron chi connectivity index (χ2n) is 5.13. The summed E-state index contributed by atoms with van der Waals surface area (Å²) in [5.41, 5.74) is 3.65. The zero-order chi connectivity index (χ0) is 14.4. The van der Waals surface area contributed by atoms with Gasteiger partial charge in [0.25, 0.3) is 0 Å². The van der Waals surface area contributed by atoms with Crippen LogP contribution in [0.3, 0.4) is 0 Å². The fourth-order valence-electron chi connectivity index (χ4n) is 1.82. The molecule has 0 radical (unpaired) electrons. The molecule has 0 aliphatic rings. The van der Waals surface area contributed by atoms with Crippen molar-refractivity contribution in [1.29, 1.82) is 5.26 Å². The Balaban J connectivity index is 2.64. The number of rotatable bonds is 6. The summed E-state index contributed by atoms with van der Waals surface area (Å²) in [6.45, 7) is 13.4. The fraction of sp³-hybridized carbons (Fsp3) is 0.438. The highest BCUT2D eigenvalue weighted by molar-refractivity contribution is 5.47. The van der Waals surface area contributed by atoms with Crippen LogP contribution >= 0.6 is 0 Å². The van der Waals surface area contributed by atoms with Crippen LogP contribution in [0, 0.1) is 25.2 Å². The third kappa shape index (κ3) is 4.76. The van der Waals surface area contributed by atoms with Gasteiger partial charge in [-0.3, -0.25) is 0 Å². The molecular weight excluding hydrogens is 236 g/mol. The molecule has 0 unspecified atom stereocenters. The number of hydrogen-bond donors (Lipinski definition) is 1. The van der Waals surface area contributed by atoms with Gasteiger partial charge in [-0.25, -0.2) is 0 Å². The van der Waals surface area contributed by atoms with Crippen molar-refractivity contribution in [3.8, 4) is 11.8 Å². The summed E-state index contributed by atoms with van der Waals surface area (Å²) in [6.07, 6.45) is 0. The largest absolute Gasteiger partial charge is 0.489 e. The molecule has 0 saturated carbocycles. The number of ether oxygens (including phenoxy) is 1. The van der Waals surface area contributed by atoms with Gasteiger partial charge in [0.2, 0.25) is 0 Å². The van der Waals surface area contributed by atoms with Gasteiger partial charge in [0.15, 0.2) is 0 Å². The minimum absolute atomic E-state index is 0.440. The van der Waals surface area contributed by atoms with Crippen LogP contribution in [0.5, 0.6) is 5.75 Å². The van der Waals surface area contributed by atoms with E-state index in [0.717, 1.165) is 29.0 Å². The summed E-state index contributed by atoms with van der Waals surface area (Å²) in [4.78, 5) is 0. The van der Waals surface area contributed by atoms with E-state index in [9.17, 15) is 0 Å². The van der Waals surface area contributed by atoms with Crippen LogP contribution < -0.4 is 10.1 Å². The number of benzene rings is 1. The molecule has 0 amide bonds. The van der Waals surface area contributed by atoms with Gasteiger partial charge < -0.3 is 10.1 Å². The summed E-state index contributed by atoms with van der Waals surface area (Å²) in [7, 11) is 0. The van der Waals surface area contributed by atoms with Gasteiger partial charge in [0, 0.05) is 12.6 Å². The van der Waals surface area contributed by atoms with E-state index in [1.54, 1.807) is 0 Å². The molecule has 3 nitrogen and oxygen atoms in total. The molecule has 0 atom stereocenters. The molecule has 1 rings (SSSR count). The third-order valence-corrected chi connectivity index (χ3v) is 2.77. The summed E-state index contributed by atoms with van der Waals surface area (Å²) in [5, 5.41) is 12.2. The van der Waals surface area contributed by atoms with Gasteiger partial charge >= 0.3 is 0 Å². The summed E-state index contributed by atoms with van der Waals surface area (Å²) in [6, 6.07) is 6.28. The normalized spacial score (nSPS) is 10.3. The quantitative estimate of drug-likeness (QED) is 0.797. The smallest absolute Gasteiger partial charge is 0.125 e. The Labute approximate surface area is 115 Å². The predicted molar refractivity (Wildman–Crippen MR) is 78.4 cm³/mol. The zero-order valence-corrected chi connectivity index (χ0v) is 12.2.